The highest BCUT2D eigenvalue weighted by molar-refractivity contribution is 7.22. The Balaban J connectivity index is 1.92. The molecule has 0 bridgehead atoms. The summed E-state index contributed by atoms with van der Waals surface area (Å²) in [6, 6.07) is 7.64. The Bertz CT molecular complexity index is 780. The number of rotatable bonds is 2. The minimum Gasteiger partial charge on any atom is -0.298 e. The number of anilines is 1. The van der Waals surface area contributed by atoms with Gasteiger partial charge in [0.25, 0.3) is 5.91 Å². The molecule has 0 saturated heterocycles. The second kappa shape index (κ2) is 5.02. The molecule has 100 valence electrons. The molecule has 1 aromatic carbocycles. The van der Waals surface area contributed by atoms with Crippen molar-refractivity contribution in [2.45, 2.75) is 13.8 Å². The maximum absolute atomic E-state index is 12.1. The number of aromatic nitrogens is 2. The van der Waals surface area contributed by atoms with Crippen molar-refractivity contribution >= 4 is 32.6 Å². The Kier molecular flexibility index (Phi) is 3.20. The maximum Gasteiger partial charge on any atom is 0.259 e. The van der Waals surface area contributed by atoms with Gasteiger partial charge in [-0.25, -0.2) is 4.98 Å². The molecule has 2 heterocycles. The van der Waals surface area contributed by atoms with Crippen molar-refractivity contribution in [2.24, 2.45) is 0 Å². The summed E-state index contributed by atoms with van der Waals surface area (Å²) in [6.07, 6.45) is 3.18. The number of hydrogen-bond acceptors (Lipinski definition) is 4. The molecule has 0 aliphatic rings. The van der Waals surface area contributed by atoms with E-state index in [0.29, 0.717) is 10.7 Å². The summed E-state index contributed by atoms with van der Waals surface area (Å²) in [5, 5.41) is 3.44. The van der Waals surface area contributed by atoms with Gasteiger partial charge in [0.1, 0.15) is 0 Å². The van der Waals surface area contributed by atoms with Crippen LogP contribution in [0.25, 0.3) is 10.2 Å². The second-order valence-corrected chi connectivity index (χ2v) is 5.67. The SMILES string of the molecule is Cc1cc(C)c2nc(NC(=O)c3cccnc3)sc2c1. The topological polar surface area (TPSA) is 54.9 Å². The van der Waals surface area contributed by atoms with Gasteiger partial charge < -0.3 is 0 Å². The number of pyridine rings is 1. The summed E-state index contributed by atoms with van der Waals surface area (Å²) in [5.74, 6) is -0.188. The van der Waals surface area contributed by atoms with E-state index >= 15 is 0 Å². The molecular weight excluding hydrogens is 270 g/mol. The van der Waals surface area contributed by atoms with E-state index in [4.69, 9.17) is 0 Å². The molecule has 5 heteroatoms. The minimum absolute atomic E-state index is 0.188. The van der Waals surface area contributed by atoms with E-state index < -0.39 is 0 Å². The highest BCUT2D eigenvalue weighted by atomic mass is 32.1. The van der Waals surface area contributed by atoms with Crippen LogP contribution in [0.1, 0.15) is 21.5 Å². The van der Waals surface area contributed by atoms with E-state index in [1.807, 2.05) is 6.92 Å². The number of fused-ring (bicyclic) bond motifs is 1. The fraction of sp³-hybridized carbons (Fsp3) is 0.133. The summed E-state index contributed by atoms with van der Waals surface area (Å²) in [5.41, 5.74) is 3.80. The zero-order valence-corrected chi connectivity index (χ0v) is 12.0. The van der Waals surface area contributed by atoms with Crippen LogP contribution in [0.2, 0.25) is 0 Å². The lowest BCUT2D eigenvalue weighted by atomic mass is 10.1. The van der Waals surface area contributed by atoms with E-state index in [2.05, 4.69) is 34.3 Å². The molecule has 3 rings (SSSR count). The number of hydrogen-bond donors (Lipinski definition) is 1. The van der Waals surface area contributed by atoms with Crippen molar-refractivity contribution in [1.82, 2.24) is 9.97 Å². The van der Waals surface area contributed by atoms with Gasteiger partial charge in [-0.3, -0.25) is 15.1 Å². The van der Waals surface area contributed by atoms with Gasteiger partial charge in [-0.1, -0.05) is 17.4 Å². The van der Waals surface area contributed by atoms with Crippen molar-refractivity contribution in [3.8, 4) is 0 Å². The number of benzene rings is 1. The van der Waals surface area contributed by atoms with E-state index in [0.717, 1.165) is 15.8 Å². The molecule has 2 aromatic heterocycles. The molecule has 0 atom stereocenters. The second-order valence-electron chi connectivity index (χ2n) is 4.64. The first-order valence-electron chi connectivity index (χ1n) is 6.22. The third-order valence-electron chi connectivity index (χ3n) is 2.97. The maximum atomic E-state index is 12.1. The molecule has 0 radical (unpaired) electrons. The third kappa shape index (κ3) is 2.40. The largest absolute Gasteiger partial charge is 0.298 e. The predicted octanol–water partition coefficient (Wildman–Crippen LogP) is 3.56. The molecule has 20 heavy (non-hydrogen) atoms. The van der Waals surface area contributed by atoms with Crippen LogP contribution < -0.4 is 5.32 Å². The van der Waals surface area contributed by atoms with Gasteiger partial charge in [-0.05, 0) is 43.2 Å². The molecule has 0 saturated carbocycles. The lowest BCUT2D eigenvalue weighted by Gasteiger charge is -1.99. The zero-order valence-electron chi connectivity index (χ0n) is 11.2. The van der Waals surface area contributed by atoms with Crippen LogP contribution in [0.5, 0.6) is 0 Å². The van der Waals surface area contributed by atoms with E-state index in [-0.39, 0.29) is 5.91 Å². The van der Waals surface area contributed by atoms with E-state index in [1.54, 1.807) is 18.3 Å². The predicted molar refractivity (Wildman–Crippen MR) is 81.3 cm³/mol. The van der Waals surface area contributed by atoms with Crippen LogP contribution in [-0.2, 0) is 0 Å². The normalized spacial score (nSPS) is 10.7. The van der Waals surface area contributed by atoms with Crippen LogP contribution in [0.4, 0.5) is 5.13 Å². The van der Waals surface area contributed by atoms with Gasteiger partial charge in [0.2, 0.25) is 0 Å². The number of nitrogens with one attached hydrogen (secondary N) is 1. The zero-order chi connectivity index (χ0) is 14.1. The highest BCUT2D eigenvalue weighted by Gasteiger charge is 2.11. The summed E-state index contributed by atoms with van der Waals surface area (Å²) in [4.78, 5) is 20.5. The minimum atomic E-state index is -0.188. The van der Waals surface area contributed by atoms with Gasteiger partial charge >= 0.3 is 0 Å². The Morgan fingerprint density at radius 3 is 2.90 bits per heavy atom. The Morgan fingerprint density at radius 1 is 1.30 bits per heavy atom. The van der Waals surface area contributed by atoms with Gasteiger partial charge in [0.15, 0.2) is 5.13 Å². The van der Waals surface area contributed by atoms with Crippen molar-refractivity contribution in [1.29, 1.82) is 0 Å². The number of thiazole rings is 1. The van der Waals surface area contributed by atoms with Gasteiger partial charge in [0.05, 0.1) is 15.8 Å². The molecule has 0 aliphatic heterocycles. The number of carbonyl (C=O) groups is 1. The van der Waals surface area contributed by atoms with E-state index in [1.165, 1.54) is 23.1 Å². The van der Waals surface area contributed by atoms with Crippen molar-refractivity contribution in [3.05, 3.63) is 53.3 Å². The van der Waals surface area contributed by atoms with Gasteiger partial charge in [-0.2, -0.15) is 0 Å². The average Bonchev–Trinajstić information content (AvgIpc) is 2.82. The summed E-state index contributed by atoms with van der Waals surface area (Å²) < 4.78 is 1.09. The van der Waals surface area contributed by atoms with Crippen LogP contribution in [0.15, 0.2) is 36.7 Å². The average molecular weight is 283 g/mol. The fourth-order valence-corrected chi connectivity index (χ4v) is 3.13. The van der Waals surface area contributed by atoms with Gasteiger partial charge in [-0.15, -0.1) is 0 Å². The number of amides is 1. The monoisotopic (exact) mass is 283 g/mol. The smallest absolute Gasteiger partial charge is 0.259 e. The third-order valence-corrected chi connectivity index (χ3v) is 3.89. The summed E-state index contributed by atoms with van der Waals surface area (Å²) in [6.45, 7) is 4.09. The number of nitrogens with zero attached hydrogens (tertiary/aromatic N) is 2. The molecule has 0 unspecified atom stereocenters. The van der Waals surface area contributed by atoms with Gasteiger partial charge in [0, 0.05) is 12.4 Å². The Morgan fingerprint density at radius 2 is 2.15 bits per heavy atom. The molecule has 4 nitrogen and oxygen atoms in total. The summed E-state index contributed by atoms with van der Waals surface area (Å²) in [7, 11) is 0. The fourth-order valence-electron chi connectivity index (χ4n) is 2.09. The molecule has 1 amide bonds. The number of carbonyl (C=O) groups excluding carboxylic acids is 1. The lowest BCUT2D eigenvalue weighted by Crippen LogP contribution is -2.11. The first kappa shape index (κ1) is 12.7. The molecule has 0 aliphatic carbocycles. The standard InChI is InChI=1S/C15H13N3OS/c1-9-6-10(2)13-12(7-9)20-15(17-13)18-14(19)11-4-3-5-16-8-11/h3-8H,1-2H3,(H,17,18,19). The Labute approximate surface area is 120 Å². The van der Waals surface area contributed by atoms with Crippen molar-refractivity contribution in [2.75, 3.05) is 5.32 Å². The first-order valence-corrected chi connectivity index (χ1v) is 7.04. The Hall–Kier alpha value is -2.27. The first-order chi connectivity index (χ1) is 9.63. The molecular formula is C15H13N3OS. The highest BCUT2D eigenvalue weighted by Crippen LogP contribution is 2.29. The van der Waals surface area contributed by atoms with Crippen LogP contribution in [0, 0.1) is 13.8 Å². The summed E-state index contributed by atoms with van der Waals surface area (Å²) >= 11 is 1.49. The van der Waals surface area contributed by atoms with Crippen LogP contribution in [-0.4, -0.2) is 15.9 Å². The number of aryl methyl sites for hydroxylation is 2. The van der Waals surface area contributed by atoms with Crippen molar-refractivity contribution in [3.63, 3.8) is 0 Å². The molecule has 3 aromatic rings. The molecule has 0 fully saturated rings. The molecule has 1 N–H and O–H groups in total. The van der Waals surface area contributed by atoms with Crippen LogP contribution >= 0.6 is 11.3 Å². The van der Waals surface area contributed by atoms with Crippen molar-refractivity contribution < 1.29 is 4.79 Å². The quantitative estimate of drug-likeness (QED) is 0.782. The molecule has 0 spiro atoms. The van der Waals surface area contributed by atoms with E-state index in [9.17, 15) is 4.79 Å². The lowest BCUT2D eigenvalue weighted by molar-refractivity contribution is 0.102. The van der Waals surface area contributed by atoms with Crippen LogP contribution in [0.3, 0.4) is 0 Å².